The zero-order valence-electron chi connectivity index (χ0n) is 14.3. The molecule has 126 valence electrons. The Morgan fingerprint density at radius 2 is 2.05 bits per heavy atom. The minimum absolute atomic E-state index is 0.0236. The first kappa shape index (κ1) is 16.2. The lowest BCUT2D eigenvalue weighted by Crippen LogP contribution is -2.65. The Morgan fingerprint density at radius 1 is 1.36 bits per heavy atom. The molecule has 1 saturated carbocycles. The molecule has 0 aromatic rings. The van der Waals surface area contributed by atoms with Crippen molar-refractivity contribution in [3.8, 4) is 0 Å². The van der Waals surface area contributed by atoms with E-state index < -0.39 is 0 Å². The molecule has 2 aliphatic heterocycles. The number of nitrogens with zero attached hydrogens (tertiary/aromatic N) is 1. The lowest BCUT2D eigenvalue weighted by Gasteiger charge is -2.60. The predicted octanol–water partition coefficient (Wildman–Crippen LogP) is 1.84. The van der Waals surface area contributed by atoms with Crippen molar-refractivity contribution in [1.82, 2.24) is 5.06 Å². The average Bonchev–Trinajstić information content (AvgIpc) is 2.47. The Hall–Kier alpha value is -0.650. The molecule has 0 aromatic carbocycles. The average molecular weight is 311 g/mol. The molecule has 22 heavy (non-hydrogen) atoms. The molecule has 0 bridgehead atoms. The van der Waals surface area contributed by atoms with Crippen LogP contribution in [0.3, 0.4) is 0 Å². The molecule has 0 spiro atoms. The summed E-state index contributed by atoms with van der Waals surface area (Å²) in [5.41, 5.74) is -0.0777. The second-order valence-corrected chi connectivity index (χ2v) is 7.82. The number of carbonyl (C=O) groups excluding carboxylic acids is 1. The fourth-order valence-corrected chi connectivity index (χ4v) is 5.45. The minimum Gasteiger partial charge on any atom is -0.393 e. The summed E-state index contributed by atoms with van der Waals surface area (Å²) in [6, 6.07) is 0. The summed E-state index contributed by atoms with van der Waals surface area (Å²) in [6.45, 7) is 9.15. The topological polar surface area (TPSA) is 59.0 Å². The maximum absolute atomic E-state index is 12.9. The van der Waals surface area contributed by atoms with E-state index >= 15 is 0 Å². The van der Waals surface area contributed by atoms with Crippen molar-refractivity contribution >= 4 is 5.91 Å². The van der Waals surface area contributed by atoms with Gasteiger partial charge in [0.25, 0.3) is 5.91 Å². The molecule has 2 heterocycles. The number of ether oxygens (including phenoxy) is 1. The van der Waals surface area contributed by atoms with Crippen molar-refractivity contribution in [2.45, 2.75) is 58.8 Å². The van der Waals surface area contributed by atoms with Crippen LogP contribution in [0.1, 0.15) is 40.5 Å². The zero-order valence-corrected chi connectivity index (χ0v) is 14.3. The molecule has 3 aliphatic rings. The van der Waals surface area contributed by atoms with Crippen molar-refractivity contribution < 1.29 is 19.5 Å². The van der Waals surface area contributed by atoms with Crippen LogP contribution in [-0.4, -0.2) is 48.0 Å². The Morgan fingerprint density at radius 3 is 2.68 bits per heavy atom. The number of rotatable bonds is 1. The van der Waals surface area contributed by atoms with Gasteiger partial charge in [-0.1, -0.05) is 20.8 Å². The molecule has 0 aromatic heterocycles. The molecule has 3 unspecified atom stereocenters. The lowest BCUT2D eigenvalue weighted by molar-refractivity contribution is -0.259. The monoisotopic (exact) mass is 311 g/mol. The quantitative estimate of drug-likeness (QED) is 0.803. The number of aliphatic hydroxyl groups excluding tert-OH is 1. The number of carbonyl (C=O) groups is 1. The Bertz CT molecular complexity index is 456. The third-order valence-corrected chi connectivity index (χ3v) is 6.67. The van der Waals surface area contributed by atoms with Crippen molar-refractivity contribution in [1.29, 1.82) is 0 Å². The maximum Gasteiger partial charge on any atom is 0.252 e. The van der Waals surface area contributed by atoms with Gasteiger partial charge in [-0.15, -0.1) is 0 Å². The number of hydroxylamine groups is 2. The largest absolute Gasteiger partial charge is 0.393 e. The highest BCUT2D eigenvalue weighted by Gasteiger charge is 2.61. The summed E-state index contributed by atoms with van der Waals surface area (Å²) in [6.07, 6.45) is 1.41. The van der Waals surface area contributed by atoms with E-state index in [1.165, 1.54) is 5.06 Å². The van der Waals surface area contributed by atoms with Gasteiger partial charge in [0.15, 0.2) is 0 Å². The Balaban J connectivity index is 2.00. The maximum atomic E-state index is 12.9. The molecular formula is C17H29NO4. The summed E-state index contributed by atoms with van der Waals surface area (Å²) in [5, 5.41) is 12.1. The molecule has 8 atom stereocenters. The minimum atomic E-state index is -0.352. The molecule has 5 heteroatoms. The van der Waals surface area contributed by atoms with Gasteiger partial charge in [-0.05, 0) is 42.9 Å². The highest BCUT2D eigenvalue weighted by molar-refractivity contribution is 5.80. The van der Waals surface area contributed by atoms with Crippen molar-refractivity contribution in [2.75, 3.05) is 13.7 Å². The van der Waals surface area contributed by atoms with Crippen LogP contribution < -0.4 is 0 Å². The molecule has 0 radical (unpaired) electrons. The standard InChI is InChI=1S/C17H29NO4/c1-9-8-17(4)11(3)22-12-6-7-18(21-5)16(20)13(12)14(17)10(2)15(9)19/h9-15,19H,6-8H2,1-5H3/t9-,10+,11-,12?,13?,14?,15-,17-/m0/s1. The highest BCUT2D eigenvalue weighted by atomic mass is 16.7. The fourth-order valence-electron chi connectivity index (χ4n) is 5.45. The van der Waals surface area contributed by atoms with Crippen molar-refractivity contribution in [3.63, 3.8) is 0 Å². The van der Waals surface area contributed by atoms with Crippen LogP contribution >= 0.6 is 0 Å². The van der Waals surface area contributed by atoms with Crippen LogP contribution in [0.5, 0.6) is 0 Å². The summed E-state index contributed by atoms with van der Waals surface area (Å²) in [5.74, 6) is 0.282. The number of piperidine rings is 1. The molecule has 3 fully saturated rings. The van der Waals surface area contributed by atoms with Crippen LogP contribution in [0.25, 0.3) is 0 Å². The van der Waals surface area contributed by atoms with Gasteiger partial charge < -0.3 is 9.84 Å². The van der Waals surface area contributed by atoms with E-state index in [0.29, 0.717) is 6.54 Å². The second-order valence-electron chi connectivity index (χ2n) is 7.82. The van der Waals surface area contributed by atoms with E-state index in [2.05, 4.69) is 27.7 Å². The van der Waals surface area contributed by atoms with E-state index in [1.807, 2.05) is 0 Å². The zero-order chi connectivity index (χ0) is 16.2. The third kappa shape index (κ3) is 2.13. The van der Waals surface area contributed by atoms with Crippen LogP contribution in [0.15, 0.2) is 0 Å². The van der Waals surface area contributed by atoms with E-state index in [4.69, 9.17) is 9.57 Å². The molecular weight excluding hydrogens is 282 g/mol. The van der Waals surface area contributed by atoms with Crippen LogP contribution in [0, 0.1) is 29.1 Å². The summed E-state index contributed by atoms with van der Waals surface area (Å²) >= 11 is 0. The predicted molar refractivity (Wildman–Crippen MR) is 81.7 cm³/mol. The van der Waals surface area contributed by atoms with E-state index in [1.54, 1.807) is 7.11 Å². The smallest absolute Gasteiger partial charge is 0.252 e. The van der Waals surface area contributed by atoms with Crippen molar-refractivity contribution in [2.24, 2.45) is 29.1 Å². The van der Waals surface area contributed by atoms with E-state index in [9.17, 15) is 9.90 Å². The van der Waals surface area contributed by atoms with Gasteiger partial charge in [-0.25, -0.2) is 5.06 Å². The number of hydrogen-bond acceptors (Lipinski definition) is 4. The van der Waals surface area contributed by atoms with Gasteiger partial charge in [0.2, 0.25) is 0 Å². The van der Waals surface area contributed by atoms with Gasteiger partial charge in [-0.2, -0.15) is 0 Å². The molecule has 5 nitrogen and oxygen atoms in total. The highest BCUT2D eigenvalue weighted by Crippen LogP contribution is 2.57. The second kappa shape index (κ2) is 5.46. The third-order valence-electron chi connectivity index (χ3n) is 6.67. The lowest BCUT2D eigenvalue weighted by atomic mass is 9.51. The fraction of sp³-hybridized carbons (Fsp3) is 0.941. The van der Waals surface area contributed by atoms with E-state index in [0.717, 1.165) is 12.8 Å². The first-order valence-corrected chi connectivity index (χ1v) is 8.50. The summed E-state index contributed by atoms with van der Waals surface area (Å²) in [7, 11) is 1.55. The number of fused-ring (bicyclic) bond motifs is 3. The number of aliphatic hydroxyl groups is 1. The van der Waals surface area contributed by atoms with Gasteiger partial charge in [0.1, 0.15) is 0 Å². The van der Waals surface area contributed by atoms with Crippen LogP contribution in [0.2, 0.25) is 0 Å². The number of amides is 1. The van der Waals surface area contributed by atoms with Crippen LogP contribution in [-0.2, 0) is 14.4 Å². The van der Waals surface area contributed by atoms with Gasteiger partial charge in [0, 0.05) is 0 Å². The summed E-state index contributed by atoms with van der Waals surface area (Å²) < 4.78 is 6.27. The van der Waals surface area contributed by atoms with Gasteiger partial charge >= 0.3 is 0 Å². The molecule has 2 saturated heterocycles. The molecule has 3 rings (SSSR count). The molecule has 1 aliphatic carbocycles. The SMILES string of the molecule is CON1CCC2O[C@@H](C)[C@]3(C)C[C@H](C)[C@H](O)[C@H](C)C3C2C1=O. The van der Waals surface area contributed by atoms with Gasteiger partial charge in [-0.3, -0.25) is 9.63 Å². The Kier molecular flexibility index (Phi) is 4.03. The first-order valence-electron chi connectivity index (χ1n) is 8.50. The Labute approximate surface area is 132 Å². The molecule has 1 N–H and O–H groups in total. The van der Waals surface area contributed by atoms with Crippen LogP contribution in [0.4, 0.5) is 0 Å². The number of hydrogen-bond donors (Lipinski definition) is 1. The summed E-state index contributed by atoms with van der Waals surface area (Å²) in [4.78, 5) is 18.1. The normalized spacial score (nSPS) is 52.2. The van der Waals surface area contributed by atoms with Gasteiger partial charge in [0.05, 0.1) is 37.9 Å². The first-order chi connectivity index (χ1) is 10.3. The molecule has 1 amide bonds. The van der Waals surface area contributed by atoms with E-state index in [-0.39, 0.29) is 53.3 Å². The van der Waals surface area contributed by atoms with Crippen molar-refractivity contribution in [3.05, 3.63) is 0 Å².